The lowest BCUT2D eigenvalue weighted by molar-refractivity contribution is 0.197. The number of hydrogen-bond donors (Lipinski definition) is 3. The van der Waals surface area contributed by atoms with E-state index in [0.717, 1.165) is 18.7 Å². The van der Waals surface area contributed by atoms with Crippen LogP contribution < -0.4 is 10.6 Å². The summed E-state index contributed by atoms with van der Waals surface area (Å²) < 4.78 is 0. The van der Waals surface area contributed by atoms with E-state index >= 15 is 0 Å². The van der Waals surface area contributed by atoms with Crippen LogP contribution in [0.5, 0.6) is 0 Å². The highest BCUT2D eigenvalue weighted by molar-refractivity contribution is 5.67. The second-order valence-corrected chi connectivity index (χ2v) is 2.12. The molecule has 0 atom stereocenters. The number of amides is 1. The van der Waals surface area contributed by atoms with Crippen molar-refractivity contribution in [2.24, 2.45) is 0 Å². The lowest BCUT2D eigenvalue weighted by Gasteiger charge is -2.12. The van der Waals surface area contributed by atoms with E-state index in [1.807, 2.05) is 6.08 Å². The van der Waals surface area contributed by atoms with Crippen molar-refractivity contribution in [3.05, 3.63) is 11.8 Å². The van der Waals surface area contributed by atoms with Crippen LogP contribution in [-0.4, -0.2) is 24.3 Å². The van der Waals surface area contributed by atoms with Gasteiger partial charge in [-0.15, -0.1) is 0 Å². The molecule has 0 spiro atoms. The summed E-state index contributed by atoms with van der Waals surface area (Å²) in [6, 6.07) is 0. The predicted octanol–water partition coefficient (Wildman–Crippen LogP) is 0.131. The Bertz CT molecular complexity index is 165. The second-order valence-electron chi connectivity index (χ2n) is 2.12. The third-order valence-electron chi connectivity index (χ3n) is 1.29. The van der Waals surface area contributed by atoms with Gasteiger partial charge in [0.1, 0.15) is 0 Å². The van der Waals surface area contributed by atoms with Crippen molar-refractivity contribution in [1.29, 1.82) is 0 Å². The summed E-state index contributed by atoms with van der Waals surface area (Å²) >= 11 is 0. The number of carboxylic acid groups (broad SMARTS) is 1. The van der Waals surface area contributed by atoms with Gasteiger partial charge in [0.2, 0.25) is 0 Å². The Morgan fingerprint density at radius 2 is 2.60 bits per heavy atom. The minimum Gasteiger partial charge on any atom is -0.465 e. The van der Waals surface area contributed by atoms with Gasteiger partial charge in [0, 0.05) is 12.2 Å². The van der Waals surface area contributed by atoms with E-state index in [1.165, 1.54) is 0 Å². The third-order valence-corrected chi connectivity index (χ3v) is 1.29. The van der Waals surface area contributed by atoms with Crippen molar-refractivity contribution in [2.45, 2.75) is 6.42 Å². The van der Waals surface area contributed by atoms with E-state index in [2.05, 4.69) is 10.6 Å². The molecular weight excluding hydrogens is 132 g/mol. The molecule has 0 aromatic rings. The van der Waals surface area contributed by atoms with E-state index in [4.69, 9.17) is 5.11 Å². The monoisotopic (exact) mass is 142 g/mol. The van der Waals surface area contributed by atoms with Crippen LogP contribution in [0.3, 0.4) is 0 Å². The van der Waals surface area contributed by atoms with Crippen LogP contribution in [0.4, 0.5) is 4.79 Å². The van der Waals surface area contributed by atoms with E-state index in [1.54, 1.807) is 0 Å². The molecule has 1 aliphatic heterocycles. The molecule has 1 aliphatic rings. The van der Waals surface area contributed by atoms with Crippen molar-refractivity contribution in [2.75, 3.05) is 13.1 Å². The van der Waals surface area contributed by atoms with Crippen molar-refractivity contribution in [3.8, 4) is 0 Å². The first-order chi connectivity index (χ1) is 4.79. The molecule has 4 nitrogen and oxygen atoms in total. The molecule has 0 fully saturated rings. The minimum absolute atomic E-state index is 0.631. The summed E-state index contributed by atoms with van der Waals surface area (Å²) in [6.45, 7) is 1.57. The molecule has 3 N–H and O–H groups in total. The van der Waals surface area contributed by atoms with Gasteiger partial charge in [-0.05, 0) is 13.0 Å². The molecule has 0 bridgehead atoms. The molecule has 56 valence electrons. The molecule has 0 aromatic heterocycles. The molecule has 0 aliphatic carbocycles. The van der Waals surface area contributed by atoms with Gasteiger partial charge in [-0.2, -0.15) is 0 Å². The van der Waals surface area contributed by atoms with E-state index in [9.17, 15) is 4.79 Å². The first-order valence-electron chi connectivity index (χ1n) is 3.19. The van der Waals surface area contributed by atoms with Gasteiger partial charge < -0.3 is 10.4 Å². The van der Waals surface area contributed by atoms with Crippen LogP contribution in [0.15, 0.2) is 11.8 Å². The zero-order chi connectivity index (χ0) is 7.40. The summed E-state index contributed by atoms with van der Waals surface area (Å²) in [5, 5.41) is 13.6. The first-order valence-corrected chi connectivity index (χ1v) is 3.19. The lowest BCUT2D eigenvalue weighted by Crippen LogP contribution is -2.32. The van der Waals surface area contributed by atoms with Gasteiger partial charge in [-0.3, -0.25) is 5.32 Å². The Morgan fingerprint density at radius 3 is 3.10 bits per heavy atom. The van der Waals surface area contributed by atoms with Crippen LogP contribution in [0.1, 0.15) is 6.42 Å². The fraction of sp³-hybridized carbons (Fsp3) is 0.500. The lowest BCUT2D eigenvalue weighted by atomic mass is 10.2. The number of nitrogens with one attached hydrogen (secondary N) is 2. The Morgan fingerprint density at radius 1 is 1.80 bits per heavy atom. The summed E-state index contributed by atoms with van der Waals surface area (Å²) in [4.78, 5) is 10.1. The van der Waals surface area contributed by atoms with Crippen LogP contribution >= 0.6 is 0 Å². The molecule has 1 amide bonds. The normalized spacial score (nSPS) is 17.8. The smallest absolute Gasteiger partial charge is 0.408 e. The highest BCUT2D eigenvalue weighted by Crippen LogP contribution is 1.95. The molecule has 0 unspecified atom stereocenters. The average Bonchev–Trinajstić information content (AvgIpc) is 1.88. The summed E-state index contributed by atoms with van der Waals surface area (Å²) in [7, 11) is 0. The highest BCUT2D eigenvalue weighted by atomic mass is 16.4. The molecule has 4 heteroatoms. The molecule has 0 aromatic carbocycles. The molecule has 1 rings (SSSR count). The van der Waals surface area contributed by atoms with E-state index in [-0.39, 0.29) is 0 Å². The van der Waals surface area contributed by atoms with E-state index in [0.29, 0.717) is 6.54 Å². The Hall–Kier alpha value is -1.03. The van der Waals surface area contributed by atoms with E-state index < -0.39 is 6.09 Å². The Kier molecular flexibility index (Phi) is 2.28. The Labute approximate surface area is 58.9 Å². The molecule has 0 saturated heterocycles. The zero-order valence-electron chi connectivity index (χ0n) is 5.55. The van der Waals surface area contributed by atoms with Gasteiger partial charge in [0.25, 0.3) is 0 Å². The van der Waals surface area contributed by atoms with Gasteiger partial charge in [0.15, 0.2) is 0 Å². The molecule has 0 radical (unpaired) electrons. The second kappa shape index (κ2) is 3.22. The quantitative estimate of drug-likeness (QED) is 0.487. The molecular formula is C6H10N2O2. The zero-order valence-corrected chi connectivity index (χ0v) is 5.55. The number of rotatable bonds is 1. The molecule has 0 saturated carbocycles. The number of hydrogen-bond acceptors (Lipinski definition) is 2. The minimum atomic E-state index is -0.991. The van der Waals surface area contributed by atoms with Crippen molar-refractivity contribution in [3.63, 3.8) is 0 Å². The van der Waals surface area contributed by atoms with Crippen molar-refractivity contribution >= 4 is 6.09 Å². The summed E-state index contributed by atoms with van der Waals surface area (Å²) in [5.41, 5.74) is 0.749. The van der Waals surface area contributed by atoms with Crippen molar-refractivity contribution < 1.29 is 9.90 Å². The number of carbonyl (C=O) groups is 1. The highest BCUT2D eigenvalue weighted by Gasteiger charge is 2.03. The van der Waals surface area contributed by atoms with Gasteiger partial charge in [-0.1, -0.05) is 6.08 Å². The Balaban J connectivity index is 2.38. The fourth-order valence-electron chi connectivity index (χ4n) is 0.876. The molecule has 1 heterocycles. The molecule has 10 heavy (non-hydrogen) atoms. The largest absolute Gasteiger partial charge is 0.465 e. The van der Waals surface area contributed by atoms with Gasteiger partial charge in [-0.25, -0.2) is 4.79 Å². The first kappa shape index (κ1) is 7.08. The maximum Gasteiger partial charge on any atom is 0.408 e. The maximum absolute atomic E-state index is 10.1. The van der Waals surface area contributed by atoms with Crippen LogP contribution in [0.2, 0.25) is 0 Å². The summed E-state index contributed by atoms with van der Waals surface area (Å²) in [6.07, 6.45) is 1.80. The average molecular weight is 142 g/mol. The SMILES string of the molecule is O=C(O)NC1=CCCNC1. The topological polar surface area (TPSA) is 61.4 Å². The van der Waals surface area contributed by atoms with Crippen molar-refractivity contribution in [1.82, 2.24) is 10.6 Å². The standard InChI is InChI=1S/C6H10N2O2/c9-6(10)8-5-2-1-3-7-4-5/h2,7-8H,1,3-4H2,(H,9,10). The van der Waals surface area contributed by atoms with Crippen LogP contribution in [0, 0.1) is 0 Å². The van der Waals surface area contributed by atoms with Crippen LogP contribution in [0.25, 0.3) is 0 Å². The van der Waals surface area contributed by atoms with Gasteiger partial charge in [0.05, 0.1) is 0 Å². The summed E-state index contributed by atoms with van der Waals surface area (Å²) in [5.74, 6) is 0. The fourth-order valence-corrected chi connectivity index (χ4v) is 0.876. The predicted molar refractivity (Wildman–Crippen MR) is 36.7 cm³/mol. The third kappa shape index (κ3) is 2.06. The van der Waals surface area contributed by atoms with Crippen LogP contribution in [-0.2, 0) is 0 Å². The maximum atomic E-state index is 10.1. The van der Waals surface area contributed by atoms with Gasteiger partial charge >= 0.3 is 6.09 Å².